The molecular formula is C13H18N2O4. The lowest BCUT2D eigenvalue weighted by Crippen LogP contribution is -2.33. The first kappa shape index (κ1) is 14.8. The van der Waals surface area contributed by atoms with E-state index in [9.17, 15) is 9.59 Å². The summed E-state index contributed by atoms with van der Waals surface area (Å²) in [7, 11) is 0. The van der Waals surface area contributed by atoms with Gasteiger partial charge in [-0.1, -0.05) is 6.92 Å². The van der Waals surface area contributed by atoms with Crippen LogP contribution in [0.15, 0.2) is 18.2 Å². The van der Waals surface area contributed by atoms with E-state index in [1.807, 2.05) is 0 Å². The van der Waals surface area contributed by atoms with Crippen molar-refractivity contribution in [3.8, 4) is 5.75 Å². The number of benzene rings is 1. The zero-order chi connectivity index (χ0) is 14.4. The second-order valence-electron chi connectivity index (χ2n) is 3.89. The molecule has 0 aliphatic rings. The van der Waals surface area contributed by atoms with E-state index in [1.54, 1.807) is 19.9 Å². The van der Waals surface area contributed by atoms with E-state index in [1.165, 1.54) is 12.1 Å². The molecule has 0 heterocycles. The van der Waals surface area contributed by atoms with E-state index in [2.05, 4.69) is 0 Å². The number of carbonyl (C=O) groups is 2. The largest absolute Gasteiger partial charge is 0.480 e. The fourth-order valence-electron chi connectivity index (χ4n) is 1.51. The van der Waals surface area contributed by atoms with Gasteiger partial charge in [0.1, 0.15) is 11.3 Å². The van der Waals surface area contributed by atoms with Gasteiger partial charge in [0.05, 0.1) is 6.61 Å². The summed E-state index contributed by atoms with van der Waals surface area (Å²) in [6.45, 7) is 3.70. The SMILES string of the molecule is CCOC(=O)c1ccc(N)cc1OC(CC)C(N)=O. The fourth-order valence-corrected chi connectivity index (χ4v) is 1.51. The number of nitrogens with two attached hydrogens (primary N) is 2. The maximum Gasteiger partial charge on any atom is 0.341 e. The molecule has 0 aliphatic carbocycles. The van der Waals surface area contributed by atoms with Gasteiger partial charge in [-0.2, -0.15) is 0 Å². The highest BCUT2D eigenvalue weighted by Crippen LogP contribution is 2.24. The Morgan fingerprint density at radius 3 is 2.53 bits per heavy atom. The number of nitrogen functional groups attached to an aromatic ring is 1. The Morgan fingerprint density at radius 2 is 2.00 bits per heavy atom. The third-order valence-corrected chi connectivity index (χ3v) is 2.46. The number of ether oxygens (including phenoxy) is 2. The van der Waals surface area contributed by atoms with E-state index in [-0.39, 0.29) is 17.9 Å². The van der Waals surface area contributed by atoms with E-state index < -0.39 is 18.0 Å². The van der Waals surface area contributed by atoms with Crippen molar-refractivity contribution in [2.45, 2.75) is 26.4 Å². The Labute approximate surface area is 111 Å². The molecule has 0 fully saturated rings. The molecule has 104 valence electrons. The number of rotatable bonds is 6. The molecule has 0 saturated carbocycles. The van der Waals surface area contributed by atoms with Crippen molar-refractivity contribution in [2.24, 2.45) is 5.73 Å². The molecule has 1 rings (SSSR count). The average molecular weight is 266 g/mol. The number of anilines is 1. The highest BCUT2D eigenvalue weighted by atomic mass is 16.5. The van der Waals surface area contributed by atoms with Gasteiger partial charge in [0.2, 0.25) is 0 Å². The summed E-state index contributed by atoms with van der Waals surface area (Å²) < 4.78 is 10.4. The molecular weight excluding hydrogens is 248 g/mol. The molecule has 1 unspecified atom stereocenters. The normalized spacial score (nSPS) is 11.7. The summed E-state index contributed by atoms with van der Waals surface area (Å²) in [5.74, 6) is -0.930. The maximum absolute atomic E-state index is 11.8. The molecule has 1 amide bonds. The van der Waals surface area contributed by atoms with Crippen LogP contribution in [0, 0.1) is 0 Å². The fraction of sp³-hybridized carbons (Fsp3) is 0.385. The van der Waals surface area contributed by atoms with E-state index >= 15 is 0 Å². The van der Waals surface area contributed by atoms with Crippen LogP contribution in [0.25, 0.3) is 0 Å². The number of hydrogen-bond acceptors (Lipinski definition) is 5. The minimum absolute atomic E-state index is 0.198. The minimum atomic E-state index is -0.810. The number of esters is 1. The molecule has 0 spiro atoms. The Hall–Kier alpha value is -2.24. The van der Waals surface area contributed by atoms with Gasteiger partial charge in [-0.05, 0) is 25.5 Å². The Morgan fingerprint density at radius 1 is 1.32 bits per heavy atom. The summed E-state index contributed by atoms with van der Waals surface area (Å²) in [6.07, 6.45) is -0.415. The Bertz CT molecular complexity index is 474. The third kappa shape index (κ3) is 3.87. The predicted octanol–water partition coefficient (Wildman–Crippen LogP) is 1.09. The standard InChI is InChI=1S/C13H18N2O4/c1-3-10(12(15)16)19-11-7-8(14)5-6-9(11)13(17)18-4-2/h5-7,10H,3-4,14H2,1-2H3,(H2,15,16). The number of hydrogen-bond donors (Lipinski definition) is 2. The first-order chi connectivity index (χ1) is 8.99. The van der Waals surface area contributed by atoms with Gasteiger partial charge in [0.15, 0.2) is 6.10 Å². The van der Waals surface area contributed by atoms with Crippen molar-refractivity contribution in [1.82, 2.24) is 0 Å². The van der Waals surface area contributed by atoms with Gasteiger partial charge in [-0.15, -0.1) is 0 Å². The quantitative estimate of drug-likeness (QED) is 0.592. The lowest BCUT2D eigenvalue weighted by Gasteiger charge is -2.17. The van der Waals surface area contributed by atoms with E-state index in [0.29, 0.717) is 12.1 Å². The monoisotopic (exact) mass is 266 g/mol. The molecule has 6 heteroatoms. The predicted molar refractivity (Wildman–Crippen MR) is 70.7 cm³/mol. The molecule has 0 aromatic heterocycles. The molecule has 0 bridgehead atoms. The second kappa shape index (κ2) is 6.63. The number of primary amides is 1. The van der Waals surface area contributed by atoms with Crippen LogP contribution in [-0.2, 0) is 9.53 Å². The molecule has 1 aromatic carbocycles. The van der Waals surface area contributed by atoms with Gasteiger partial charge < -0.3 is 20.9 Å². The first-order valence-corrected chi connectivity index (χ1v) is 6.02. The van der Waals surface area contributed by atoms with Crippen molar-refractivity contribution in [3.05, 3.63) is 23.8 Å². The Balaban J connectivity index is 3.06. The third-order valence-electron chi connectivity index (χ3n) is 2.46. The molecule has 1 atom stereocenters. The van der Waals surface area contributed by atoms with Crippen molar-refractivity contribution in [2.75, 3.05) is 12.3 Å². The van der Waals surface area contributed by atoms with Crippen molar-refractivity contribution in [1.29, 1.82) is 0 Å². The summed E-state index contributed by atoms with van der Waals surface area (Å²) in [5.41, 5.74) is 11.5. The van der Waals surface area contributed by atoms with Crippen LogP contribution in [0.3, 0.4) is 0 Å². The van der Waals surface area contributed by atoms with Crippen LogP contribution in [0.5, 0.6) is 5.75 Å². The summed E-state index contributed by atoms with van der Waals surface area (Å²) in [5, 5.41) is 0. The maximum atomic E-state index is 11.8. The van der Waals surface area contributed by atoms with Gasteiger partial charge in [0, 0.05) is 11.8 Å². The lowest BCUT2D eigenvalue weighted by molar-refractivity contribution is -0.124. The van der Waals surface area contributed by atoms with Crippen molar-refractivity contribution < 1.29 is 19.1 Å². The smallest absolute Gasteiger partial charge is 0.341 e. The topological polar surface area (TPSA) is 105 Å². The van der Waals surface area contributed by atoms with Crippen molar-refractivity contribution in [3.63, 3.8) is 0 Å². The van der Waals surface area contributed by atoms with Crippen LogP contribution in [0.1, 0.15) is 30.6 Å². The molecule has 19 heavy (non-hydrogen) atoms. The number of carbonyl (C=O) groups excluding carboxylic acids is 2. The van der Waals surface area contributed by atoms with Crippen LogP contribution >= 0.6 is 0 Å². The van der Waals surface area contributed by atoms with Crippen LogP contribution in [0.4, 0.5) is 5.69 Å². The Kier molecular flexibility index (Phi) is 5.17. The molecule has 0 radical (unpaired) electrons. The number of amides is 1. The molecule has 0 aliphatic heterocycles. The highest BCUT2D eigenvalue weighted by molar-refractivity contribution is 5.93. The second-order valence-corrected chi connectivity index (χ2v) is 3.89. The molecule has 1 aromatic rings. The highest BCUT2D eigenvalue weighted by Gasteiger charge is 2.20. The first-order valence-electron chi connectivity index (χ1n) is 6.02. The van der Waals surface area contributed by atoms with Crippen LogP contribution in [0.2, 0.25) is 0 Å². The van der Waals surface area contributed by atoms with Gasteiger partial charge in [-0.25, -0.2) is 4.79 Å². The molecule has 6 nitrogen and oxygen atoms in total. The van der Waals surface area contributed by atoms with Crippen LogP contribution in [-0.4, -0.2) is 24.6 Å². The van der Waals surface area contributed by atoms with Crippen molar-refractivity contribution >= 4 is 17.6 Å². The minimum Gasteiger partial charge on any atom is -0.480 e. The lowest BCUT2D eigenvalue weighted by atomic mass is 10.1. The summed E-state index contributed by atoms with van der Waals surface area (Å²) >= 11 is 0. The average Bonchev–Trinajstić information content (AvgIpc) is 2.35. The summed E-state index contributed by atoms with van der Waals surface area (Å²) in [4.78, 5) is 22.9. The van der Waals surface area contributed by atoms with Gasteiger partial charge in [0.25, 0.3) is 5.91 Å². The van der Waals surface area contributed by atoms with E-state index in [4.69, 9.17) is 20.9 Å². The molecule has 0 saturated heterocycles. The van der Waals surface area contributed by atoms with Gasteiger partial charge >= 0.3 is 5.97 Å². The van der Waals surface area contributed by atoms with E-state index in [0.717, 1.165) is 0 Å². The molecule has 4 N–H and O–H groups in total. The zero-order valence-corrected chi connectivity index (χ0v) is 11.0. The van der Waals surface area contributed by atoms with Gasteiger partial charge in [-0.3, -0.25) is 4.79 Å². The zero-order valence-electron chi connectivity index (χ0n) is 11.0. The summed E-state index contributed by atoms with van der Waals surface area (Å²) in [6, 6.07) is 4.53. The van der Waals surface area contributed by atoms with Crippen LogP contribution < -0.4 is 16.2 Å².